The van der Waals surface area contributed by atoms with E-state index < -0.39 is 11.5 Å². The van der Waals surface area contributed by atoms with Crippen molar-refractivity contribution in [2.45, 2.75) is 31.2 Å². The first-order chi connectivity index (χ1) is 8.53. The summed E-state index contributed by atoms with van der Waals surface area (Å²) in [5.74, 6) is 0.335. The quantitative estimate of drug-likeness (QED) is 0.840. The summed E-state index contributed by atoms with van der Waals surface area (Å²) in [4.78, 5) is 21.6. The molecule has 1 saturated carbocycles. The van der Waals surface area contributed by atoms with Gasteiger partial charge >= 0.3 is 5.97 Å². The third kappa shape index (κ3) is 2.37. The van der Waals surface area contributed by atoms with Gasteiger partial charge in [0.15, 0.2) is 0 Å². The third-order valence-corrected chi connectivity index (χ3v) is 3.28. The van der Waals surface area contributed by atoms with Gasteiger partial charge < -0.3 is 15.3 Å². The highest BCUT2D eigenvalue weighted by atomic mass is 16.4. The van der Waals surface area contributed by atoms with E-state index in [1.54, 1.807) is 17.2 Å². The maximum Gasteiger partial charge on any atom is 0.329 e. The average molecular weight is 250 g/mol. The molecule has 1 aromatic rings. The lowest BCUT2D eigenvalue weighted by Crippen LogP contribution is -2.44. The summed E-state index contributed by atoms with van der Waals surface area (Å²) in [5.41, 5.74) is -0.863. The van der Waals surface area contributed by atoms with Crippen LogP contribution in [0.1, 0.15) is 25.7 Å². The van der Waals surface area contributed by atoms with E-state index in [4.69, 9.17) is 0 Å². The maximum atomic E-state index is 11.4. The van der Waals surface area contributed by atoms with Crippen LogP contribution in [-0.4, -0.2) is 40.7 Å². The highest BCUT2D eigenvalue weighted by molar-refractivity contribution is 5.82. The summed E-state index contributed by atoms with van der Waals surface area (Å²) >= 11 is 0. The molecular weight excluding hydrogens is 232 g/mol. The van der Waals surface area contributed by atoms with Gasteiger partial charge in [0.05, 0.1) is 0 Å². The van der Waals surface area contributed by atoms with Crippen LogP contribution >= 0.6 is 0 Å². The number of nitrogens with one attached hydrogen (secondary N) is 1. The Hall–Kier alpha value is -1.85. The zero-order valence-corrected chi connectivity index (χ0v) is 10.7. The second-order valence-electron chi connectivity index (χ2n) is 4.86. The number of aliphatic carboxylic acids is 1. The molecule has 0 radical (unpaired) electrons. The molecule has 0 saturated heterocycles. The van der Waals surface area contributed by atoms with Crippen LogP contribution in [0.4, 0.5) is 11.8 Å². The van der Waals surface area contributed by atoms with Crippen molar-refractivity contribution < 1.29 is 9.90 Å². The monoisotopic (exact) mass is 250 g/mol. The lowest BCUT2D eigenvalue weighted by atomic mass is 9.98. The number of carbonyl (C=O) groups is 1. The largest absolute Gasteiger partial charge is 0.480 e. The van der Waals surface area contributed by atoms with Gasteiger partial charge in [-0.3, -0.25) is 0 Å². The summed E-state index contributed by atoms with van der Waals surface area (Å²) < 4.78 is 0. The van der Waals surface area contributed by atoms with E-state index >= 15 is 0 Å². The molecule has 0 spiro atoms. The van der Waals surface area contributed by atoms with Crippen LogP contribution in [0.3, 0.4) is 0 Å². The average Bonchev–Trinajstić information content (AvgIpc) is 2.79. The minimum atomic E-state index is -0.863. The summed E-state index contributed by atoms with van der Waals surface area (Å²) in [7, 11) is 3.70. The van der Waals surface area contributed by atoms with Crippen molar-refractivity contribution in [2.75, 3.05) is 24.3 Å². The van der Waals surface area contributed by atoms with Crippen LogP contribution < -0.4 is 10.2 Å². The van der Waals surface area contributed by atoms with Crippen LogP contribution in [-0.2, 0) is 4.79 Å². The smallest absolute Gasteiger partial charge is 0.329 e. The summed E-state index contributed by atoms with van der Waals surface area (Å²) in [6.07, 6.45) is 4.79. The molecule has 1 aliphatic carbocycles. The van der Waals surface area contributed by atoms with Crippen molar-refractivity contribution in [1.29, 1.82) is 0 Å². The Morgan fingerprint density at radius 2 is 2.11 bits per heavy atom. The molecule has 6 nitrogen and oxygen atoms in total. The number of carboxylic acid groups (broad SMARTS) is 1. The van der Waals surface area contributed by atoms with Crippen molar-refractivity contribution in [3.05, 3.63) is 12.3 Å². The van der Waals surface area contributed by atoms with Gasteiger partial charge in [0.1, 0.15) is 11.4 Å². The highest BCUT2D eigenvalue weighted by Gasteiger charge is 2.41. The molecule has 1 heterocycles. The molecule has 1 fully saturated rings. The fourth-order valence-electron chi connectivity index (χ4n) is 2.25. The molecule has 0 aromatic carbocycles. The number of anilines is 2. The topological polar surface area (TPSA) is 78.4 Å². The van der Waals surface area contributed by atoms with Crippen molar-refractivity contribution in [3.8, 4) is 0 Å². The molecule has 6 heteroatoms. The normalized spacial score (nSPS) is 17.4. The van der Waals surface area contributed by atoms with Crippen molar-refractivity contribution in [2.24, 2.45) is 0 Å². The standard InChI is InChI=1S/C12H18N4O2/c1-16(2)11-13-8-5-9(14-11)15-12(10(17)18)6-3-4-7-12/h5,8H,3-4,6-7H2,1-2H3,(H,17,18)(H,13,14,15). The van der Waals surface area contributed by atoms with Crippen LogP contribution in [0.2, 0.25) is 0 Å². The first-order valence-electron chi connectivity index (χ1n) is 6.05. The Kier molecular flexibility index (Phi) is 3.36. The number of nitrogens with zero attached hydrogens (tertiary/aromatic N) is 3. The van der Waals surface area contributed by atoms with E-state index in [1.165, 1.54) is 0 Å². The van der Waals surface area contributed by atoms with E-state index in [-0.39, 0.29) is 0 Å². The second-order valence-corrected chi connectivity index (χ2v) is 4.86. The number of hydrogen-bond donors (Lipinski definition) is 2. The fraction of sp³-hybridized carbons (Fsp3) is 0.583. The van der Waals surface area contributed by atoms with Gasteiger partial charge in [0.25, 0.3) is 0 Å². The van der Waals surface area contributed by atoms with Gasteiger partial charge in [0.2, 0.25) is 5.95 Å². The summed E-state index contributed by atoms with van der Waals surface area (Å²) in [6.45, 7) is 0. The Labute approximate surface area is 106 Å². The first-order valence-corrected chi connectivity index (χ1v) is 6.05. The molecule has 0 aliphatic heterocycles. The molecule has 18 heavy (non-hydrogen) atoms. The Morgan fingerprint density at radius 1 is 1.44 bits per heavy atom. The van der Waals surface area contributed by atoms with Crippen molar-refractivity contribution >= 4 is 17.7 Å². The zero-order valence-electron chi connectivity index (χ0n) is 10.7. The van der Waals surface area contributed by atoms with Crippen LogP contribution in [0.5, 0.6) is 0 Å². The van der Waals surface area contributed by atoms with E-state index in [0.29, 0.717) is 24.6 Å². The second kappa shape index (κ2) is 4.80. The van der Waals surface area contributed by atoms with Crippen LogP contribution in [0, 0.1) is 0 Å². The zero-order chi connectivity index (χ0) is 13.2. The number of rotatable bonds is 4. The summed E-state index contributed by atoms with van der Waals surface area (Å²) in [5, 5.41) is 12.5. The predicted molar refractivity (Wildman–Crippen MR) is 68.8 cm³/mol. The molecule has 1 aliphatic rings. The molecule has 0 amide bonds. The first kappa shape index (κ1) is 12.6. The number of hydrogen-bond acceptors (Lipinski definition) is 5. The highest BCUT2D eigenvalue weighted by Crippen LogP contribution is 2.33. The lowest BCUT2D eigenvalue weighted by molar-refractivity contribution is -0.142. The fourth-order valence-corrected chi connectivity index (χ4v) is 2.25. The van der Waals surface area contributed by atoms with Gasteiger partial charge in [-0.05, 0) is 18.9 Å². The Morgan fingerprint density at radius 3 is 2.67 bits per heavy atom. The molecule has 0 unspecified atom stereocenters. The number of carboxylic acids is 1. The van der Waals surface area contributed by atoms with Crippen LogP contribution in [0.25, 0.3) is 0 Å². The van der Waals surface area contributed by atoms with E-state index in [9.17, 15) is 9.90 Å². The van der Waals surface area contributed by atoms with Gasteiger partial charge in [-0.1, -0.05) is 12.8 Å². The SMILES string of the molecule is CN(C)c1nccc(NC2(C(=O)O)CCCC2)n1. The van der Waals surface area contributed by atoms with Gasteiger partial charge in [-0.15, -0.1) is 0 Å². The molecule has 1 aromatic heterocycles. The van der Waals surface area contributed by atoms with E-state index in [2.05, 4.69) is 15.3 Å². The van der Waals surface area contributed by atoms with Gasteiger partial charge in [0, 0.05) is 20.3 Å². The van der Waals surface area contributed by atoms with Crippen molar-refractivity contribution in [3.63, 3.8) is 0 Å². The number of aromatic nitrogens is 2. The maximum absolute atomic E-state index is 11.4. The van der Waals surface area contributed by atoms with E-state index in [0.717, 1.165) is 12.8 Å². The minimum absolute atomic E-state index is 0.568. The van der Waals surface area contributed by atoms with Crippen LogP contribution in [0.15, 0.2) is 12.3 Å². The lowest BCUT2D eigenvalue weighted by Gasteiger charge is -2.26. The Bertz CT molecular complexity index is 441. The minimum Gasteiger partial charge on any atom is -0.480 e. The summed E-state index contributed by atoms with van der Waals surface area (Å²) in [6, 6.07) is 1.70. The third-order valence-electron chi connectivity index (χ3n) is 3.28. The molecule has 2 rings (SSSR count). The molecule has 0 atom stereocenters. The van der Waals surface area contributed by atoms with E-state index in [1.807, 2.05) is 14.1 Å². The Balaban J connectivity index is 2.22. The van der Waals surface area contributed by atoms with Crippen molar-refractivity contribution in [1.82, 2.24) is 9.97 Å². The molecule has 0 bridgehead atoms. The molecule has 2 N–H and O–H groups in total. The molecule has 98 valence electrons. The molecular formula is C12H18N4O2. The van der Waals surface area contributed by atoms with Gasteiger partial charge in [-0.2, -0.15) is 4.98 Å². The van der Waals surface area contributed by atoms with Gasteiger partial charge in [-0.25, -0.2) is 9.78 Å². The predicted octanol–water partition coefficient (Wildman–Crippen LogP) is 1.35.